The van der Waals surface area contributed by atoms with Gasteiger partial charge in [0, 0.05) is 12.2 Å². The third kappa shape index (κ3) is 3.60. The molecule has 0 radical (unpaired) electrons. The summed E-state index contributed by atoms with van der Waals surface area (Å²) in [5.41, 5.74) is 5.35. The first-order chi connectivity index (χ1) is 9.20. The van der Waals surface area contributed by atoms with Gasteiger partial charge in [-0.05, 0) is 35.1 Å². The average Bonchev–Trinajstić information content (AvgIpc) is 2.46. The van der Waals surface area contributed by atoms with Gasteiger partial charge in [0.15, 0.2) is 0 Å². The number of hydrogen-bond acceptors (Lipinski definition) is 1. The van der Waals surface area contributed by atoms with E-state index >= 15 is 0 Å². The van der Waals surface area contributed by atoms with Crippen LogP contribution in [0.1, 0.15) is 43.4 Å². The van der Waals surface area contributed by atoms with Crippen LogP contribution in [0.3, 0.4) is 0 Å². The Bertz CT molecular complexity index is 511. The van der Waals surface area contributed by atoms with Crippen molar-refractivity contribution in [3.05, 3.63) is 65.2 Å². The van der Waals surface area contributed by atoms with Gasteiger partial charge in [0.25, 0.3) is 0 Å². The molecule has 0 aliphatic carbocycles. The minimum Gasteiger partial charge on any atom is -0.381 e. The third-order valence-corrected chi connectivity index (χ3v) is 3.50. The van der Waals surface area contributed by atoms with Crippen molar-refractivity contribution in [2.45, 2.75) is 39.7 Å². The van der Waals surface area contributed by atoms with Gasteiger partial charge in [-0.2, -0.15) is 0 Å². The largest absolute Gasteiger partial charge is 0.381 e. The maximum absolute atomic E-state index is 3.55. The Hall–Kier alpha value is -1.76. The summed E-state index contributed by atoms with van der Waals surface area (Å²) in [4.78, 5) is 0. The van der Waals surface area contributed by atoms with Gasteiger partial charge in [-0.15, -0.1) is 0 Å². The first kappa shape index (κ1) is 13.7. The molecule has 0 bridgehead atoms. The van der Waals surface area contributed by atoms with Gasteiger partial charge >= 0.3 is 0 Å². The van der Waals surface area contributed by atoms with Gasteiger partial charge in [-0.3, -0.25) is 0 Å². The number of para-hydroxylation sites is 1. The molecule has 0 saturated heterocycles. The summed E-state index contributed by atoms with van der Waals surface area (Å²) < 4.78 is 0. The molecule has 0 amide bonds. The second-order valence-electron chi connectivity index (χ2n) is 5.27. The van der Waals surface area contributed by atoms with Crippen LogP contribution in [0.25, 0.3) is 0 Å². The topological polar surface area (TPSA) is 12.0 Å². The molecule has 1 N–H and O–H groups in total. The van der Waals surface area contributed by atoms with Crippen molar-refractivity contribution in [2.75, 3.05) is 5.32 Å². The van der Waals surface area contributed by atoms with Crippen LogP contribution in [0.2, 0.25) is 0 Å². The molecule has 0 unspecified atom stereocenters. The monoisotopic (exact) mass is 253 g/mol. The van der Waals surface area contributed by atoms with Crippen LogP contribution in [0, 0.1) is 0 Å². The molecule has 2 aromatic carbocycles. The summed E-state index contributed by atoms with van der Waals surface area (Å²) in [6.45, 7) is 7.53. The van der Waals surface area contributed by atoms with Crippen molar-refractivity contribution in [1.29, 1.82) is 0 Å². The predicted molar refractivity (Wildman–Crippen MR) is 83.7 cm³/mol. The van der Waals surface area contributed by atoms with E-state index in [1.807, 2.05) is 0 Å². The first-order valence-electron chi connectivity index (χ1n) is 7.11. The molecule has 0 atom stereocenters. The van der Waals surface area contributed by atoms with Crippen LogP contribution in [-0.2, 0) is 13.0 Å². The lowest BCUT2D eigenvalue weighted by molar-refractivity contribution is 0.865. The van der Waals surface area contributed by atoms with E-state index in [-0.39, 0.29) is 0 Å². The van der Waals surface area contributed by atoms with Crippen LogP contribution in [0.15, 0.2) is 48.5 Å². The molecule has 2 rings (SSSR count). The lowest BCUT2D eigenvalue weighted by Crippen LogP contribution is -2.03. The molecule has 2 aromatic rings. The molecule has 0 heterocycles. The zero-order chi connectivity index (χ0) is 13.7. The number of aryl methyl sites for hydroxylation is 1. The number of benzene rings is 2. The number of hydrogen-bond donors (Lipinski definition) is 1. The quantitative estimate of drug-likeness (QED) is 0.792. The molecule has 1 nitrogen and oxygen atoms in total. The summed E-state index contributed by atoms with van der Waals surface area (Å²) in [6.07, 6.45) is 1.10. The highest BCUT2D eigenvalue weighted by Crippen LogP contribution is 2.24. The Balaban J connectivity index is 2.05. The lowest BCUT2D eigenvalue weighted by Gasteiger charge is -2.14. The van der Waals surface area contributed by atoms with Gasteiger partial charge in [-0.1, -0.05) is 63.2 Å². The smallest absolute Gasteiger partial charge is 0.0400 e. The fourth-order valence-electron chi connectivity index (χ4n) is 2.25. The number of nitrogens with one attached hydrogen (secondary N) is 1. The third-order valence-electron chi connectivity index (χ3n) is 3.50. The fraction of sp³-hybridized carbons (Fsp3) is 0.333. The number of anilines is 1. The zero-order valence-corrected chi connectivity index (χ0v) is 12.1. The van der Waals surface area contributed by atoms with E-state index in [1.54, 1.807) is 0 Å². The Kier molecular flexibility index (Phi) is 4.62. The summed E-state index contributed by atoms with van der Waals surface area (Å²) in [5, 5.41) is 3.55. The van der Waals surface area contributed by atoms with Crippen LogP contribution in [-0.4, -0.2) is 0 Å². The second-order valence-corrected chi connectivity index (χ2v) is 5.27. The lowest BCUT2D eigenvalue weighted by atomic mass is 10.0. The van der Waals surface area contributed by atoms with Crippen molar-refractivity contribution in [3.63, 3.8) is 0 Å². The average molecular weight is 253 g/mol. The van der Waals surface area contributed by atoms with E-state index in [1.165, 1.54) is 22.4 Å². The van der Waals surface area contributed by atoms with E-state index in [0.29, 0.717) is 5.92 Å². The molecule has 0 aliphatic rings. The minimum absolute atomic E-state index is 0.547. The molecular formula is C18H23N. The molecule has 0 aliphatic heterocycles. The molecule has 19 heavy (non-hydrogen) atoms. The van der Waals surface area contributed by atoms with E-state index in [0.717, 1.165) is 13.0 Å². The molecule has 0 fully saturated rings. The highest BCUT2D eigenvalue weighted by atomic mass is 14.9. The standard InChI is InChI=1S/C18H23N/c1-4-15-9-11-16(12-10-15)13-19-18-8-6-5-7-17(18)14(2)3/h5-12,14,19H,4,13H2,1-3H3. The highest BCUT2D eigenvalue weighted by molar-refractivity contribution is 5.52. The van der Waals surface area contributed by atoms with Crippen LogP contribution < -0.4 is 5.32 Å². The van der Waals surface area contributed by atoms with Crippen LogP contribution in [0.5, 0.6) is 0 Å². The van der Waals surface area contributed by atoms with Gasteiger partial charge in [0.1, 0.15) is 0 Å². The Labute approximate surface area is 116 Å². The van der Waals surface area contributed by atoms with Crippen LogP contribution in [0.4, 0.5) is 5.69 Å². The molecule has 0 spiro atoms. The zero-order valence-electron chi connectivity index (χ0n) is 12.1. The molecular weight excluding hydrogens is 230 g/mol. The minimum atomic E-state index is 0.547. The fourth-order valence-corrected chi connectivity index (χ4v) is 2.25. The van der Waals surface area contributed by atoms with E-state index in [4.69, 9.17) is 0 Å². The van der Waals surface area contributed by atoms with Gasteiger partial charge < -0.3 is 5.32 Å². The maximum Gasteiger partial charge on any atom is 0.0400 e. The van der Waals surface area contributed by atoms with Gasteiger partial charge in [0.2, 0.25) is 0 Å². The summed E-state index contributed by atoms with van der Waals surface area (Å²) in [5.74, 6) is 0.547. The van der Waals surface area contributed by atoms with E-state index in [2.05, 4.69) is 74.6 Å². The van der Waals surface area contributed by atoms with E-state index < -0.39 is 0 Å². The van der Waals surface area contributed by atoms with Gasteiger partial charge in [0.05, 0.1) is 0 Å². The Morgan fingerprint density at radius 2 is 1.53 bits per heavy atom. The second kappa shape index (κ2) is 6.42. The molecule has 100 valence electrons. The van der Waals surface area contributed by atoms with Crippen molar-refractivity contribution < 1.29 is 0 Å². The number of rotatable bonds is 5. The van der Waals surface area contributed by atoms with Crippen molar-refractivity contribution in [1.82, 2.24) is 0 Å². The van der Waals surface area contributed by atoms with Crippen molar-refractivity contribution in [2.24, 2.45) is 0 Å². The van der Waals surface area contributed by atoms with Crippen molar-refractivity contribution in [3.8, 4) is 0 Å². The summed E-state index contributed by atoms with van der Waals surface area (Å²) in [7, 11) is 0. The first-order valence-corrected chi connectivity index (χ1v) is 7.11. The predicted octanol–water partition coefficient (Wildman–Crippen LogP) is 4.98. The van der Waals surface area contributed by atoms with Crippen molar-refractivity contribution >= 4 is 5.69 Å². The summed E-state index contributed by atoms with van der Waals surface area (Å²) >= 11 is 0. The Morgan fingerprint density at radius 1 is 0.895 bits per heavy atom. The summed E-state index contributed by atoms with van der Waals surface area (Å²) in [6, 6.07) is 17.4. The van der Waals surface area contributed by atoms with E-state index in [9.17, 15) is 0 Å². The normalized spacial score (nSPS) is 10.7. The SMILES string of the molecule is CCc1ccc(CNc2ccccc2C(C)C)cc1. The maximum atomic E-state index is 3.55. The molecule has 1 heteroatoms. The highest BCUT2D eigenvalue weighted by Gasteiger charge is 2.05. The molecule has 0 aromatic heterocycles. The Morgan fingerprint density at radius 3 is 2.16 bits per heavy atom. The van der Waals surface area contributed by atoms with Gasteiger partial charge in [-0.25, -0.2) is 0 Å². The van der Waals surface area contributed by atoms with Crippen LogP contribution >= 0.6 is 0 Å². The molecule has 0 saturated carbocycles.